The third-order valence-electron chi connectivity index (χ3n) is 2.47. The van der Waals surface area contributed by atoms with Gasteiger partial charge in [-0.15, -0.1) is 0 Å². The van der Waals surface area contributed by atoms with Crippen molar-refractivity contribution in [1.82, 2.24) is 5.32 Å². The Morgan fingerprint density at radius 2 is 2.00 bits per heavy atom. The minimum Gasteiger partial charge on any atom is -0.480 e. The molecule has 0 fully saturated rings. The van der Waals surface area contributed by atoms with Gasteiger partial charge in [0.15, 0.2) is 0 Å². The summed E-state index contributed by atoms with van der Waals surface area (Å²) in [7, 11) is 0. The maximum Gasteiger partial charge on any atom is 0.329 e. The molecular weight excluding hydrogens is 226 g/mol. The smallest absolute Gasteiger partial charge is 0.329 e. The molecule has 0 radical (unpaired) electrons. The first-order chi connectivity index (χ1) is 7.46. The van der Waals surface area contributed by atoms with Crippen molar-refractivity contribution in [3.8, 4) is 0 Å². The summed E-state index contributed by atoms with van der Waals surface area (Å²) in [6.45, 7) is 5.38. The summed E-state index contributed by atoms with van der Waals surface area (Å²) in [6, 6.07) is 0. The highest BCUT2D eigenvalue weighted by molar-refractivity contribution is 7.99. The number of carbonyl (C=O) groups excluding carboxylic acids is 1. The van der Waals surface area contributed by atoms with E-state index in [4.69, 9.17) is 5.11 Å². The zero-order chi connectivity index (χ0) is 12.6. The van der Waals surface area contributed by atoms with E-state index in [1.54, 1.807) is 18.7 Å². The van der Waals surface area contributed by atoms with Gasteiger partial charge in [0, 0.05) is 0 Å². The van der Waals surface area contributed by atoms with Crippen molar-refractivity contribution >= 4 is 23.6 Å². The lowest BCUT2D eigenvalue weighted by Crippen LogP contribution is -2.52. The quantitative estimate of drug-likeness (QED) is 0.643. The van der Waals surface area contributed by atoms with Crippen molar-refractivity contribution in [3.05, 3.63) is 0 Å². The molecule has 0 aliphatic carbocycles. The van der Waals surface area contributed by atoms with Gasteiger partial charge in [-0.25, -0.2) is 4.79 Å². The number of hydrogen-bond acceptors (Lipinski definition) is 3. The van der Waals surface area contributed by atoms with Gasteiger partial charge in [-0.1, -0.05) is 20.3 Å². The molecule has 0 saturated heterocycles. The van der Waals surface area contributed by atoms with Crippen LogP contribution in [-0.4, -0.2) is 34.0 Å². The van der Waals surface area contributed by atoms with Gasteiger partial charge in [-0.3, -0.25) is 4.79 Å². The molecule has 0 aliphatic heterocycles. The van der Waals surface area contributed by atoms with E-state index >= 15 is 0 Å². The average Bonchev–Trinajstić information content (AvgIpc) is 2.24. The fraction of sp³-hybridized carbons (Fsp3) is 0.818. The van der Waals surface area contributed by atoms with Gasteiger partial charge < -0.3 is 10.4 Å². The molecule has 16 heavy (non-hydrogen) atoms. The molecule has 0 spiro atoms. The lowest BCUT2D eigenvalue weighted by Gasteiger charge is -2.24. The maximum atomic E-state index is 11.5. The van der Waals surface area contributed by atoms with Crippen LogP contribution in [0.5, 0.6) is 0 Å². The van der Waals surface area contributed by atoms with Gasteiger partial charge in [0.1, 0.15) is 5.54 Å². The summed E-state index contributed by atoms with van der Waals surface area (Å²) in [5.41, 5.74) is -1.14. The lowest BCUT2D eigenvalue weighted by atomic mass is 9.99. The molecule has 0 bridgehead atoms. The van der Waals surface area contributed by atoms with E-state index < -0.39 is 11.5 Å². The van der Waals surface area contributed by atoms with E-state index in [2.05, 4.69) is 12.2 Å². The minimum absolute atomic E-state index is 0.201. The SMILES string of the molecule is CCCCSCC(=O)NC(C)(CC)C(=O)O. The normalized spacial score (nSPS) is 14.2. The molecule has 1 atom stereocenters. The summed E-state index contributed by atoms with van der Waals surface area (Å²) < 4.78 is 0. The van der Waals surface area contributed by atoms with Crippen LogP contribution in [0, 0.1) is 0 Å². The monoisotopic (exact) mass is 247 g/mol. The van der Waals surface area contributed by atoms with Gasteiger partial charge in [-0.2, -0.15) is 11.8 Å². The van der Waals surface area contributed by atoms with Crippen LogP contribution in [0.1, 0.15) is 40.0 Å². The van der Waals surface area contributed by atoms with Gasteiger partial charge >= 0.3 is 5.97 Å². The summed E-state index contributed by atoms with van der Waals surface area (Å²) in [5, 5.41) is 11.5. The Bertz CT molecular complexity index is 245. The number of nitrogens with one attached hydrogen (secondary N) is 1. The van der Waals surface area contributed by atoms with Crippen LogP contribution in [0.3, 0.4) is 0 Å². The molecule has 0 aliphatic rings. The topological polar surface area (TPSA) is 66.4 Å². The number of carbonyl (C=O) groups is 2. The first-order valence-corrected chi connectivity index (χ1v) is 6.74. The second kappa shape index (κ2) is 7.54. The Labute approximate surface area is 101 Å². The number of rotatable bonds is 8. The molecule has 0 aromatic heterocycles. The number of thioether (sulfide) groups is 1. The number of aliphatic carboxylic acids is 1. The molecule has 1 amide bonds. The van der Waals surface area contributed by atoms with Crippen LogP contribution in [0.25, 0.3) is 0 Å². The van der Waals surface area contributed by atoms with Gasteiger partial charge in [-0.05, 0) is 25.5 Å². The number of amides is 1. The predicted molar refractivity (Wildman–Crippen MR) is 66.7 cm³/mol. The van der Waals surface area contributed by atoms with E-state index in [0.717, 1.165) is 18.6 Å². The predicted octanol–water partition coefficient (Wildman–Crippen LogP) is 1.89. The van der Waals surface area contributed by atoms with Crippen LogP contribution >= 0.6 is 11.8 Å². The van der Waals surface area contributed by atoms with Crippen molar-refractivity contribution < 1.29 is 14.7 Å². The van der Waals surface area contributed by atoms with Gasteiger partial charge in [0.25, 0.3) is 0 Å². The third-order valence-corrected chi connectivity index (χ3v) is 3.51. The maximum absolute atomic E-state index is 11.5. The standard InChI is InChI=1S/C11H21NO3S/c1-4-6-7-16-8-9(13)12-11(3,5-2)10(14)15/h4-8H2,1-3H3,(H,12,13)(H,14,15). The number of carboxylic acids is 1. The zero-order valence-corrected chi connectivity index (χ0v) is 11.0. The van der Waals surface area contributed by atoms with E-state index in [9.17, 15) is 9.59 Å². The molecule has 0 aromatic carbocycles. The lowest BCUT2D eigenvalue weighted by molar-refractivity contribution is -0.146. The summed E-state index contributed by atoms with van der Waals surface area (Å²) in [5.74, 6) is 0.0951. The fourth-order valence-corrected chi connectivity index (χ4v) is 1.94. The minimum atomic E-state index is -1.14. The van der Waals surface area contributed by atoms with Gasteiger partial charge in [0.05, 0.1) is 5.75 Å². The molecule has 2 N–H and O–H groups in total. The van der Waals surface area contributed by atoms with E-state index in [1.807, 2.05) is 0 Å². The Kier molecular flexibility index (Phi) is 7.21. The Hall–Kier alpha value is -0.710. The van der Waals surface area contributed by atoms with Crippen LogP contribution in [0.4, 0.5) is 0 Å². The Morgan fingerprint density at radius 1 is 1.38 bits per heavy atom. The van der Waals surface area contributed by atoms with Gasteiger partial charge in [0.2, 0.25) is 5.91 Å². The first-order valence-electron chi connectivity index (χ1n) is 5.58. The van der Waals surface area contributed by atoms with Crippen molar-refractivity contribution in [2.45, 2.75) is 45.6 Å². The summed E-state index contributed by atoms with van der Waals surface area (Å²) in [6.07, 6.45) is 2.58. The highest BCUT2D eigenvalue weighted by atomic mass is 32.2. The number of hydrogen-bond donors (Lipinski definition) is 2. The molecular formula is C11H21NO3S. The summed E-state index contributed by atoms with van der Waals surface area (Å²) in [4.78, 5) is 22.4. The van der Waals surface area contributed by atoms with E-state index in [1.165, 1.54) is 6.92 Å². The Morgan fingerprint density at radius 3 is 2.44 bits per heavy atom. The molecule has 0 saturated carbocycles. The third kappa shape index (κ3) is 5.39. The zero-order valence-electron chi connectivity index (χ0n) is 10.2. The van der Waals surface area contributed by atoms with Crippen molar-refractivity contribution in [1.29, 1.82) is 0 Å². The first kappa shape index (κ1) is 15.3. The fourth-order valence-electron chi connectivity index (χ4n) is 1.05. The highest BCUT2D eigenvalue weighted by Gasteiger charge is 2.32. The Balaban J connectivity index is 3.98. The largest absolute Gasteiger partial charge is 0.480 e. The molecule has 1 unspecified atom stereocenters. The van der Waals surface area contributed by atoms with Crippen molar-refractivity contribution in [3.63, 3.8) is 0 Å². The molecule has 0 aromatic rings. The molecule has 0 heterocycles. The highest BCUT2D eigenvalue weighted by Crippen LogP contribution is 2.10. The summed E-state index contributed by atoms with van der Waals surface area (Å²) >= 11 is 1.54. The van der Waals surface area contributed by atoms with E-state index in [0.29, 0.717) is 12.2 Å². The van der Waals surface area contributed by atoms with Crippen molar-refractivity contribution in [2.75, 3.05) is 11.5 Å². The van der Waals surface area contributed by atoms with E-state index in [-0.39, 0.29) is 5.91 Å². The molecule has 94 valence electrons. The molecule has 5 heteroatoms. The second-order valence-corrected chi connectivity index (χ2v) is 5.05. The number of carboxylic acid groups (broad SMARTS) is 1. The molecule has 0 rings (SSSR count). The second-order valence-electron chi connectivity index (χ2n) is 3.95. The molecule has 4 nitrogen and oxygen atoms in total. The van der Waals surface area contributed by atoms with Crippen LogP contribution in [-0.2, 0) is 9.59 Å². The average molecular weight is 247 g/mol. The van der Waals surface area contributed by atoms with Crippen LogP contribution in [0.2, 0.25) is 0 Å². The van der Waals surface area contributed by atoms with Crippen LogP contribution < -0.4 is 5.32 Å². The van der Waals surface area contributed by atoms with Crippen molar-refractivity contribution in [2.24, 2.45) is 0 Å². The number of unbranched alkanes of at least 4 members (excludes halogenated alkanes) is 1. The van der Waals surface area contributed by atoms with Crippen LogP contribution in [0.15, 0.2) is 0 Å².